The van der Waals surface area contributed by atoms with Crippen LogP contribution in [0.1, 0.15) is 47.1 Å². The molecule has 4 aromatic rings. The zero-order valence-corrected chi connectivity index (χ0v) is 22.0. The molecule has 1 atom stereocenters. The maximum atomic E-state index is 13.9. The highest BCUT2D eigenvalue weighted by Crippen LogP contribution is 2.46. The molecule has 0 saturated heterocycles. The quantitative estimate of drug-likeness (QED) is 0.313. The van der Waals surface area contributed by atoms with Gasteiger partial charge >= 0.3 is 0 Å². The van der Waals surface area contributed by atoms with Gasteiger partial charge in [-0.1, -0.05) is 12.1 Å². The van der Waals surface area contributed by atoms with Gasteiger partial charge in [-0.25, -0.2) is 0 Å². The van der Waals surface area contributed by atoms with Gasteiger partial charge in [0, 0.05) is 17.7 Å². The number of hydrogen-bond donors (Lipinski definition) is 1. The third-order valence-corrected chi connectivity index (χ3v) is 6.90. The van der Waals surface area contributed by atoms with Crippen molar-refractivity contribution >= 4 is 5.91 Å². The zero-order chi connectivity index (χ0) is 26.9. The number of methoxy groups -OCH3 is 1. The Balaban J connectivity index is 1.46. The predicted molar refractivity (Wildman–Crippen MR) is 144 cm³/mol. The molecule has 0 aliphatic carbocycles. The van der Waals surface area contributed by atoms with E-state index in [1.807, 2.05) is 79.4 Å². The summed E-state index contributed by atoms with van der Waals surface area (Å²) in [4.78, 5) is 15.7. The number of aromatic amines is 1. The van der Waals surface area contributed by atoms with E-state index in [2.05, 4.69) is 10.2 Å². The van der Waals surface area contributed by atoms with Crippen molar-refractivity contribution < 1.29 is 28.5 Å². The first-order chi connectivity index (χ1) is 19.1. The van der Waals surface area contributed by atoms with Gasteiger partial charge in [0.15, 0.2) is 23.0 Å². The third-order valence-electron chi connectivity index (χ3n) is 6.90. The van der Waals surface area contributed by atoms with E-state index < -0.39 is 6.04 Å². The Labute approximate surface area is 226 Å². The molecule has 0 bridgehead atoms. The third kappa shape index (κ3) is 4.39. The van der Waals surface area contributed by atoms with E-state index in [1.165, 1.54) is 0 Å². The average molecular weight is 528 g/mol. The number of ether oxygens (including phenoxy) is 5. The number of amides is 1. The second kappa shape index (κ2) is 10.2. The van der Waals surface area contributed by atoms with Gasteiger partial charge in [-0.3, -0.25) is 9.89 Å². The molecule has 0 fully saturated rings. The lowest BCUT2D eigenvalue weighted by molar-refractivity contribution is 0.0729. The van der Waals surface area contributed by atoms with Gasteiger partial charge in [0.05, 0.1) is 32.1 Å². The van der Waals surface area contributed by atoms with Gasteiger partial charge in [-0.2, -0.15) is 5.10 Å². The monoisotopic (exact) mass is 527 g/mol. The maximum absolute atomic E-state index is 13.9. The number of aromatic nitrogens is 2. The molecule has 200 valence electrons. The Hall–Kier alpha value is -4.66. The largest absolute Gasteiger partial charge is 0.497 e. The molecule has 2 aliphatic rings. The summed E-state index contributed by atoms with van der Waals surface area (Å²) in [5, 5.41) is 7.60. The topological polar surface area (TPSA) is 95.1 Å². The van der Waals surface area contributed by atoms with E-state index in [9.17, 15) is 4.79 Å². The van der Waals surface area contributed by atoms with Crippen LogP contribution in [-0.2, 0) is 6.54 Å². The van der Waals surface area contributed by atoms with Gasteiger partial charge in [0.25, 0.3) is 5.91 Å². The van der Waals surface area contributed by atoms with Crippen molar-refractivity contribution in [3.63, 3.8) is 0 Å². The van der Waals surface area contributed by atoms with Crippen LogP contribution >= 0.6 is 0 Å². The average Bonchev–Trinajstić information content (AvgIpc) is 3.67. The fourth-order valence-electron chi connectivity index (χ4n) is 5.15. The van der Waals surface area contributed by atoms with Crippen LogP contribution in [-0.4, -0.2) is 48.1 Å². The van der Waals surface area contributed by atoms with Crippen LogP contribution < -0.4 is 23.7 Å². The zero-order valence-electron chi connectivity index (χ0n) is 22.0. The number of carbonyl (C=O) groups is 1. The molecule has 39 heavy (non-hydrogen) atoms. The second-order valence-electron chi connectivity index (χ2n) is 9.18. The summed E-state index contributed by atoms with van der Waals surface area (Å²) in [6.45, 7) is 5.43. The van der Waals surface area contributed by atoms with Crippen LogP contribution in [0.2, 0.25) is 0 Å². The van der Waals surface area contributed by atoms with E-state index in [0.717, 1.165) is 28.0 Å². The molecular formula is C30H29N3O6. The van der Waals surface area contributed by atoms with Crippen LogP contribution in [0.15, 0.2) is 60.7 Å². The van der Waals surface area contributed by atoms with E-state index in [0.29, 0.717) is 54.1 Å². The molecule has 2 aliphatic heterocycles. The number of carbonyl (C=O) groups excluding carboxylic acids is 1. The number of benzene rings is 3. The summed E-state index contributed by atoms with van der Waals surface area (Å²) < 4.78 is 28.1. The van der Waals surface area contributed by atoms with E-state index in [-0.39, 0.29) is 12.7 Å². The van der Waals surface area contributed by atoms with Gasteiger partial charge < -0.3 is 28.6 Å². The van der Waals surface area contributed by atoms with Crippen molar-refractivity contribution in [2.75, 3.05) is 27.1 Å². The predicted octanol–water partition coefficient (Wildman–Crippen LogP) is 5.36. The first-order valence-electron chi connectivity index (χ1n) is 12.9. The Morgan fingerprint density at radius 3 is 2.49 bits per heavy atom. The number of nitrogens with zero attached hydrogens (tertiary/aromatic N) is 2. The highest BCUT2D eigenvalue weighted by molar-refractivity contribution is 6.00. The molecule has 0 spiro atoms. The van der Waals surface area contributed by atoms with Crippen LogP contribution in [0, 0.1) is 0 Å². The van der Waals surface area contributed by atoms with Gasteiger partial charge in [0.1, 0.15) is 11.4 Å². The van der Waals surface area contributed by atoms with Crippen molar-refractivity contribution in [1.82, 2.24) is 15.1 Å². The number of hydrogen-bond acceptors (Lipinski definition) is 7. The summed E-state index contributed by atoms with van der Waals surface area (Å²) in [6, 6.07) is 18.8. The van der Waals surface area contributed by atoms with E-state index in [1.54, 1.807) is 7.11 Å². The minimum atomic E-state index is -0.413. The number of fused-ring (bicyclic) bond motifs is 2. The lowest BCUT2D eigenvalue weighted by Crippen LogP contribution is -2.29. The maximum Gasteiger partial charge on any atom is 0.273 e. The molecule has 1 unspecified atom stereocenters. The summed E-state index contributed by atoms with van der Waals surface area (Å²) in [7, 11) is 1.63. The van der Waals surface area contributed by atoms with Crippen LogP contribution in [0.5, 0.6) is 28.7 Å². The van der Waals surface area contributed by atoms with Crippen LogP contribution in [0.4, 0.5) is 0 Å². The SMILES string of the molecule is CCOc1ccc(C2c3c(-c4ccc(OC)cc4)n[nH]c3C(=O)N2Cc2ccc3c(c2)OCO3)cc1OCC. The highest BCUT2D eigenvalue weighted by atomic mass is 16.7. The number of nitrogens with one attached hydrogen (secondary N) is 1. The van der Waals surface area contributed by atoms with Crippen LogP contribution in [0.3, 0.4) is 0 Å². The second-order valence-corrected chi connectivity index (χ2v) is 9.18. The van der Waals surface area contributed by atoms with Crippen molar-refractivity contribution in [2.24, 2.45) is 0 Å². The highest BCUT2D eigenvalue weighted by Gasteiger charge is 2.42. The summed E-state index contributed by atoms with van der Waals surface area (Å²) in [6.07, 6.45) is 0. The molecule has 3 aromatic carbocycles. The molecular weight excluding hydrogens is 498 g/mol. The molecule has 1 N–H and O–H groups in total. The van der Waals surface area contributed by atoms with E-state index >= 15 is 0 Å². The minimum Gasteiger partial charge on any atom is -0.497 e. The molecule has 3 heterocycles. The Bertz CT molecular complexity index is 1510. The summed E-state index contributed by atoms with van der Waals surface area (Å²) in [5.74, 6) is 3.29. The molecule has 9 heteroatoms. The molecule has 0 radical (unpaired) electrons. The first-order valence-corrected chi connectivity index (χ1v) is 12.9. The smallest absolute Gasteiger partial charge is 0.273 e. The molecule has 6 rings (SSSR count). The molecule has 1 amide bonds. The lowest BCUT2D eigenvalue weighted by atomic mass is 9.95. The van der Waals surface area contributed by atoms with Crippen LogP contribution in [0.25, 0.3) is 11.3 Å². The minimum absolute atomic E-state index is 0.133. The number of rotatable bonds is 9. The number of H-pyrrole nitrogens is 1. The van der Waals surface area contributed by atoms with Gasteiger partial charge in [0.2, 0.25) is 6.79 Å². The Kier molecular flexibility index (Phi) is 6.48. The fourth-order valence-corrected chi connectivity index (χ4v) is 5.15. The fraction of sp³-hybridized carbons (Fsp3) is 0.267. The van der Waals surface area contributed by atoms with Crippen molar-refractivity contribution in [3.8, 4) is 40.0 Å². The normalized spacial score (nSPS) is 15.4. The molecule has 0 saturated carbocycles. The van der Waals surface area contributed by atoms with Crippen molar-refractivity contribution in [3.05, 3.63) is 83.0 Å². The Morgan fingerprint density at radius 2 is 1.72 bits per heavy atom. The lowest BCUT2D eigenvalue weighted by Gasteiger charge is -2.27. The van der Waals surface area contributed by atoms with Crippen molar-refractivity contribution in [1.29, 1.82) is 0 Å². The van der Waals surface area contributed by atoms with Gasteiger partial charge in [-0.15, -0.1) is 0 Å². The molecule has 9 nitrogen and oxygen atoms in total. The standard InChI is InChI=1S/C30H29N3O6/c1-4-36-22-13-9-20(15-25(22)37-5-2)29-26-27(19-7-10-21(35-3)11-8-19)31-32-28(26)30(34)33(29)16-18-6-12-23-24(14-18)39-17-38-23/h6-15,29H,4-5,16-17H2,1-3H3,(H,31,32). The van der Waals surface area contributed by atoms with E-state index in [4.69, 9.17) is 23.7 Å². The molecule has 1 aromatic heterocycles. The van der Waals surface area contributed by atoms with Crippen molar-refractivity contribution in [2.45, 2.75) is 26.4 Å². The Morgan fingerprint density at radius 1 is 0.949 bits per heavy atom. The van der Waals surface area contributed by atoms with Gasteiger partial charge in [-0.05, 0) is 73.5 Å². The summed E-state index contributed by atoms with van der Waals surface area (Å²) in [5.41, 5.74) is 4.71. The first kappa shape index (κ1) is 24.7. The summed E-state index contributed by atoms with van der Waals surface area (Å²) >= 11 is 0.